The summed E-state index contributed by atoms with van der Waals surface area (Å²) in [5.74, 6) is 0.669. The zero-order valence-electron chi connectivity index (χ0n) is 12.7. The van der Waals surface area contributed by atoms with E-state index in [1.54, 1.807) is 0 Å². The standard InChI is InChI=1S/C17H27NO/c1-5-8-15(9-6-2)12-16(19)18-17(4)11-7-10-14(3)13-17/h5,7-10,14H,6,11-13H2,1-4H3,(H,18,19)/b8-5-,15-9+. The Morgan fingerprint density at radius 3 is 2.84 bits per heavy atom. The highest BCUT2D eigenvalue weighted by Gasteiger charge is 2.29. The largest absolute Gasteiger partial charge is 0.350 e. The monoisotopic (exact) mass is 261 g/mol. The smallest absolute Gasteiger partial charge is 0.224 e. The van der Waals surface area contributed by atoms with Gasteiger partial charge < -0.3 is 5.32 Å². The maximum atomic E-state index is 12.2. The maximum absolute atomic E-state index is 12.2. The topological polar surface area (TPSA) is 29.1 Å². The van der Waals surface area contributed by atoms with E-state index in [1.165, 1.54) is 0 Å². The van der Waals surface area contributed by atoms with E-state index in [2.05, 4.69) is 44.3 Å². The summed E-state index contributed by atoms with van der Waals surface area (Å²) in [4.78, 5) is 12.2. The van der Waals surface area contributed by atoms with Crippen molar-refractivity contribution < 1.29 is 4.79 Å². The van der Waals surface area contributed by atoms with Crippen LogP contribution in [0.3, 0.4) is 0 Å². The molecule has 2 atom stereocenters. The zero-order chi connectivity index (χ0) is 14.3. The Morgan fingerprint density at radius 2 is 2.26 bits per heavy atom. The summed E-state index contributed by atoms with van der Waals surface area (Å²) in [6, 6.07) is 0. The molecule has 0 aromatic heterocycles. The summed E-state index contributed by atoms with van der Waals surface area (Å²) < 4.78 is 0. The molecule has 106 valence electrons. The molecule has 2 heteroatoms. The van der Waals surface area contributed by atoms with E-state index in [0.717, 1.165) is 24.8 Å². The Kier molecular flexibility index (Phi) is 6.07. The molecule has 1 N–H and O–H groups in total. The van der Waals surface area contributed by atoms with Gasteiger partial charge in [-0.05, 0) is 44.6 Å². The lowest BCUT2D eigenvalue weighted by Gasteiger charge is -2.34. The van der Waals surface area contributed by atoms with Crippen molar-refractivity contribution in [1.82, 2.24) is 5.32 Å². The van der Waals surface area contributed by atoms with E-state index in [9.17, 15) is 4.79 Å². The first kappa shape index (κ1) is 15.7. The number of nitrogens with one attached hydrogen (secondary N) is 1. The van der Waals surface area contributed by atoms with Crippen LogP contribution in [0.4, 0.5) is 0 Å². The van der Waals surface area contributed by atoms with Crippen LogP contribution >= 0.6 is 0 Å². The van der Waals surface area contributed by atoms with Gasteiger partial charge in [-0.15, -0.1) is 0 Å². The van der Waals surface area contributed by atoms with Crippen LogP contribution in [0.1, 0.15) is 53.4 Å². The number of rotatable bonds is 5. The Balaban J connectivity index is 2.59. The first-order valence-corrected chi connectivity index (χ1v) is 7.28. The van der Waals surface area contributed by atoms with Crippen molar-refractivity contribution in [3.63, 3.8) is 0 Å². The molecule has 1 amide bonds. The summed E-state index contributed by atoms with van der Waals surface area (Å²) in [6.07, 6.45) is 13.9. The molecule has 0 aromatic rings. The molecule has 0 spiro atoms. The van der Waals surface area contributed by atoms with Crippen LogP contribution < -0.4 is 5.32 Å². The fraction of sp³-hybridized carbons (Fsp3) is 0.588. The van der Waals surface area contributed by atoms with Crippen LogP contribution in [-0.2, 0) is 4.79 Å². The minimum absolute atomic E-state index is 0.0848. The second-order valence-electron chi connectivity index (χ2n) is 5.79. The van der Waals surface area contributed by atoms with Gasteiger partial charge in [-0.1, -0.05) is 44.2 Å². The molecule has 0 fully saturated rings. The van der Waals surface area contributed by atoms with Gasteiger partial charge in [-0.25, -0.2) is 0 Å². The van der Waals surface area contributed by atoms with Crippen LogP contribution in [-0.4, -0.2) is 11.4 Å². The SMILES string of the molecule is C/C=C\C(=C/CC)CC(=O)NC1(C)CC=CC(C)C1. The van der Waals surface area contributed by atoms with Gasteiger partial charge in [0.25, 0.3) is 0 Å². The Labute approximate surface area is 117 Å². The fourth-order valence-electron chi connectivity index (χ4n) is 2.77. The number of carbonyl (C=O) groups excluding carboxylic acids is 1. The molecule has 1 aliphatic carbocycles. The normalized spacial score (nSPS) is 27.8. The highest BCUT2D eigenvalue weighted by molar-refractivity contribution is 5.80. The molecule has 1 rings (SSSR count). The molecule has 0 radical (unpaired) electrons. The molecule has 0 saturated carbocycles. The molecular weight excluding hydrogens is 234 g/mol. The van der Waals surface area contributed by atoms with E-state index >= 15 is 0 Å². The van der Waals surface area contributed by atoms with E-state index < -0.39 is 0 Å². The highest BCUT2D eigenvalue weighted by Crippen LogP contribution is 2.27. The predicted molar refractivity (Wildman–Crippen MR) is 81.9 cm³/mol. The summed E-state index contributed by atoms with van der Waals surface area (Å²) in [7, 11) is 0. The lowest BCUT2D eigenvalue weighted by molar-refractivity contribution is -0.122. The van der Waals surface area contributed by atoms with Gasteiger partial charge in [0, 0.05) is 5.54 Å². The van der Waals surface area contributed by atoms with Crippen LogP contribution in [0.5, 0.6) is 0 Å². The number of amides is 1. The van der Waals surface area contributed by atoms with Gasteiger partial charge in [0.15, 0.2) is 0 Å². The zero-order valence-corrected chi connectivity index (χ0v) is 12.7. The number of allylic oxidation sites excluding steroid dienone is 4. The third-order valence-electron chi connectivity index (χ3n) is 3.46. The highest BCUT2D eigenvalue weighted by atomic mass is 16.1. The van der Waals surface area contributed by atoms with Gasteiger partial charge in [0.05, 0.1) is 6.42 Å². The molecule has 0 aliphatic heterocycles. The third-order valence-corrected chi connectivity index (χ3v) is 3.46. The minimum Gasteiger partial charge on any atom is -0.350 e. The van der Waals surface area contributed by atoms with Crippen molar-refractivity contribution >= 4 is 5.91 Å². The minimum atomic E-state index is -0.0848. The predicted octanol–water partition coefficient (Wildman–Crippen LogP) is 4.15. The quantitative estimate of drug-likeness (QED) is 0.584. The first-order valence-electron chi connectivity index (χ1n) is 7.28. The fourth-order valence-corrected chi connectivity index (χ4v) is 2.77. The van der Waals surface area contributed by atoms with Crippen molar-refractivity contribution in [2.45, 2.75) is 58.9 Å². The first-order chi connectivity index (χ1) is 8.99. The Hall–Kier alpha value is -1.31. The molecule has 1 aliphatic rings. The molecule has 0 heterocycles. The Bertz CT molecular complexity index is 392. The average Bonchev–Trinajstić information content (AvgIpc) is 2.28. The van der Waals surface area contributed by atoms with Crippen molar-refractivity contribution in [3.8, 4) is 0 Å². The second-order valence-corrected chi connectivity index (χ2v) is 5.79. The van der Waals surface area contributed by atoms with Gasteiger partial charge in [-0.3, -0.25) is 4.79 Å². The Morgan fingerprint density at radius 1 is 1.53 bits per heavy atom. The summed E-state index contributed by atoms with van der Waals surface area (Å²) in [6.45, 7) is 8.42. The molecule has 2 unspecified atom stereocenters. The van der Waals surface area contributed by atoms with Crippen molar-refractivity contribution in [2.24, 2.45) is 5.92 Å². The van der Waals surface area contributed by atoms with Crippen molar-refractivity contribution in [2.75, 3.05) is 0 Å². The van der Waals surface area contributed by atoms with Crippen molar-refractivity contribution in [3.05, 3.63) is 36.0 Å². The van der Waals surface area contributed by atoms with E-state index in [-0.39, 0.29) is 11.4 Å². The lowest BCUT2D eigenvalue weighted by Crippen LogP contribution is -2.47. The van der Waals surface area contributed by atoms with E-state index in [1.807, 2.05) is 19.1 Å². The third kappa shape index (κ3) is 5.46. The van der Waals surface area contributed by atoms with Gasteiger partial charge in [0.2, 0.25) is 5.91 Å². The van der Waals surface area contributed by atoms with Crippen LogP contribution in [0.2, 0.25) is 0 Å². The molecule has 2 nitrogen and oxygen atoms in total. The van der Waals surface area contributed by atoms with Crippen LogP contribution in [0.15, 0.2) is 36.0 Å². The molecular formula is C17H27NO. The average molecular weight is 261 g/mol. The van der Waals surface area contributed by atoms with Gasteiger partial charge in [-0.2, -0.15) is 0 Å². The molecule has 0 aromatic carbocycles. The lowest BCUT2D eigenvalue weighted by atomic mass is 9.82. The van der Waals surface area contributed by atoms with E-state index in [0.29, 0.717) is 12.3 Å². The van der Waals surface area contributed by atoms with Crippen molar-refractivity contribution in [1.29, 1.82) is 0 Å². The van der Waals surface area contributed by atoms with Gasteiger partial charge in [0.1, 0.15) is 0 Å². The number of carbonyl (C=O) groups is 1. The van der Waals surface area contributed by atoms with Gasteiger partial charge >= 0.3 is 0 Å². The van der Waals surface area contributed by atoms with E-state index in [4.69, 9.17) is 0 Å². The number of hydrogen-bond acceptors (Lipinski definition) is 1. The summed E-state index contributed by atoms with van der Waals surface area (Å²) >= 11 is 0. The number of hydrogen-bond donors (Lipinski definition) is 1. The molecule has 19 heavy (non-hydrogen) atoms. The second kappa shape index (κ2) is 7.32. The van der Waals surface area contributed by atoms with Crippen LogP contribution in [0.25, 0.3) is 0 Å². The summed E-state index contributed by atoms with van der Waals surface area (Å²) in [5.41, 5.74) is 1.02. The maximum Gasteiger partial charge on any atom is 0.224 e. The van der Waals surface area contributed by atoms with Crippen LogP contribution in [0, 0.1) is 5.92 Å². The molecule has 0 saturated heterocycles. The molecule has 0 bridgehead atoms. The summed E-state index contributed by atoms with van der Waals surface area (Å²) in [5, 5.41) is 3.21.